The number of rotatable bonds is 10. The van der Waals surface area contributed by atoms with E-state index in [1.807, 2.05) is 0 Å². The van der Waals surface area contributed by atoms with Gasteiger partial charge in [-0.3, -0.25) is 0 Å². The summed E-state index contributed by atoms with van der Waals surface area (Å²) in [6.45, 7) is 8.12. The Morgan fingerprint density at radius 3 is 2.20 bits per heavy atom. The lowest BCUT2D eigenvalue weighted by molar-refractivity contribution is 0.267. The summed E-state index contributed by atoms with van der Waals surface area (Å²) < 4.78 is 0. The Labute approximate surface area is 94.9 Å². The van der Waals surface area contributed by atoms with Gasteiger partial charge in [-0.15, -0.1) is 0 Å². The molecule has 0 rings (SSSR count). The highest BCUT2D eigenvalue weighted by Gasteiger charge is 2.01. The molecule has 0 atom stereocenters. The highest BCUT2D eigenvalue weighted by atomic mass is 16.2. The van der Waals surface area contributed by atoms with Crippen LogP contribution in [0.4, 0.5) is 0 Å². The average Bonchev–Trinajstić information content (AvgIpc) is 2.21. The Morgan fingerprint density at radius 1 is 1.07 bits per heavy atom. The zero-order valence-corrected chi connectivity index (χ0v) is 10.6. The van der Waals surface area contributed by atoms with E-state index in [4.69, 9.17) is 5.11 Å². The number of nitrogens with one attached hydrogen (secondary N) is 1. The van der Waals surface area contributed by atoms with Crippen molar-refractivity contribution >= 4 is 0 Å². The summed E-state index contributed by atoms with van der Waals surface area (Å²) >= 11 is 0. The maximum absolute atomic E-state index is 8.59. The number of hydrogen-bond donors (Lipinski definition) is 2. The zero-order valence-electron chi connectivity index (χ0n) is 10.6. The highest BCUT2D eigenvalue weighted by molar-refractivity contribution is 4.57. The smallest absolute Gasteiger partial charge is 0.0431 e. The van der Waals surface area contributed by atoms with Crippen molar-refractivity contribution in [1.29, 1.82) is 0 Å². The minimum Gasteiger partial charge on any atom is -0.396 e. The third-order valence-corrected chi connectivity index (χ3v) is 2.76. The average molecular weight is 216 g/mol. The third kappa shape index (κ3) is 10.2. The predicted molar refractivity (Wildman–Crippen MR) is 66.2 cm³/mol. The van der Waals surface area contributed by atoms with E-state index in [-0.39, 0.29) is 0 Å². The SMILES string of the molecule is CC(C)N(C)CCCCNCCCCO. The van der Waals surface area contributed by atoms with Crippen LogP contribution in [0.25, 0.3) is 0 Å². The second kappa shape index (κ2) is 10.4. The van der Waals surface area contributed by atoms with Gasteiger partial charge in [-0.1, -0.05) is 0 Å². The van der Waals surface area contributed by atoms with Crippen LogP contribution in [-0.2, 0) is 0 Å². The van der Waals surface area contributed by atoms with Crippen molar-refractivity contribution in [3.8, 4) is 0 Å². The first-order valence-corrected chi connectivity index (χ1v) is 6.20. The standard InChI is InChI=1S/C12H28N2O/c1-12(2)14(3)10-6-4-8-13-9-5-7-11-15/h12-13,15H,4-11H2,1-3H3. The predicted octanol–water partition coefficient (Wildman–Crippen LogP) is 1.47. The summed E-state index contributed by atoms with van der Waals surface area (Å²) in [5, 5.41) is 12.0. The number of unbranched alkanes of at least 4 members (excludes halogenated alkanes) is 2. The van der Waals surface area contributed by atoms with Crippen LogP contribution in [0.2, 0.25) is 0 Å². The maximum Gasteiger partial charge on any atom is 0.0431 e. The Kier molecular flexibility index (Phi) is 10.3. The molecule has 0 aromatic carbocycles. The molecule has 0 bridgehead atoms. The van der Waals surface area contributed by atoms with Crippen LogP contribution in [0.15, 0.2) is 0 Å². The molecule has 92 valence electrons. The molecule has 0 unspecified atom stereocenters. The van der Waals surface area contributed by atoms with Gasteiger partial charge in [0.05, 0.1) is 0 Å². The first kappa shape index (κ1) is 14.9. The van der Waals surface area contributed by atoms with Crippen molar-refractivity contribution in [2.75, 3.05) is 33.3 Å². The van der Waals surface area contributed by atoms with Crippen LogP contribution in [0.1, 0.15) is 39.5 Å². The summed E-state index contributed by atoms with van der Waals surface area (Å²) in [7, 11) is 2.18. The highest BCUT2D eigenvalue weighted by Crippen LogP contribution is 1.97. The van der Waals surface area contributed by atoms with Gasteiger partial charge in [0.1, 0.15) is 0 Å². The molecule has 0 radical (unpaired) electrons. The third-order valence-electron chi connectivity index (χ3n) is 2.76. The molecule has 0 aliphatic carbocycles. The molecule has 0 aromatic rings. The van der Waals surface area contributed by atoms with Crippen LogP contribution < -0.4 is 5.32 Å². The van der Waals surface area contributed by atoms with Gasteiger partial charge in [0.25, 0.3) is 0 Å². The normalized spacial score (nSPS) is 11.6. The quantitative estimate of drug-likeness (QED) is 0.543. The molecule has 0 aliphatic heterocycles. The van der Waals surface area contributed by atoms with Crippen molar-refractivity contribution in [1.82, 2.24) is 10.2 Å². The second-order valence-corrected chi connectivity index (χ2v) is 4.46. The molecule has 0 heterocycles. The van der Waals surface area contributed by atoms with Gasteiger partial charge in [-0.25, -0.2) is 0 Å². The van der Waals surface area contributed by atoms with E-state index in [1.165, 1.54) is 19.4 Å². The van der Waals surface area contributed by atoms with E-state index >= 15 is 0 Å². The van der Waals surface area contributed by atoms with Gasteiger partial charge >= 0.3 is 0 Å². The second-order valence-electron chi connectivity index (χ2n) is 4.46. The molecule has 2 N–H and O–H groups in total. The van der Waals surface area contributed by atoms with Crippen molar-refractivity contribution in [2.45, 2.75) is 45.6 Å². The van der Waals surface area contributed by atoms with Gasteiger partial charge in [-0.2, -0.15) is 0 Å². The van der Waals surface area contributed by atoms with E-state index in [0.717, 1.165) is 25.9 Å². The first-order valence-electron chi connectivity index (χ1n) is 6.20. The Morgan fingerprint density at radius 2 is 1.67 bits per heavy atom. The molecule has 0 aromatic heterocycles. The van der Waals surface area contributed by atoms with Gasteiger partial charge in [-0.05, 0) is 66.2 Å². The number of aliphatic hydroxyl groups excluding tert-OH is 1. The van der Waals surface area contributed by atoms with Gasteiger partial charge in [0, 0.05) is 12.6 Å². The van der Waals surface area contributed by atoms with Crippen LogP contribution in [-0.4, -0.2) is 49.3 Å². The van der Waals surface area contributed by atoms with E-state index in [2.05, 4.69) is 31.1 Å². The van der Waals surface area contributed by atoms with Crippen molar-refractivity contribution < 1.29 is 5.11 Å². The van der Waals surface area contributed by atoms with Crippen LogP contribution in [0.3, 0.4) is 0 Å². The molecule has 0 saturated heterocycles. The summed E-state index contributed by atoms with van der Waals surface area (Å²) in [5.41, 5.74) is 0. The molecule has 0 amide bonds. The molecule has 0 spiro atoms. The van der Waals surface area contributed by atoms with Crippen LogP contribution in [0.5, 0.6) is 0 Å². The topological polar surface area (TPSA) is 35.5 Å². The summed E-state index contributed by atoms with van der Waals surface area (Å²) in [6.07, 6.45) is 4.52. The van der Waals surface area contributed by atoms with Crippen molar-refractivity contribution in [3.05, 3.63) is 0 Å². The number of hydrogen-bond acceptors (Lipinski definition) is 3. The number of aliphatic hydroxyl groups is 1. The molecular formula is C12H28N2O. The van der Waals surface area contributed by atoms with Gasteiger partial charge in [0.15, 0.2) is 0 Å². The van der Waals surface area contributed by atoms with Crippen molar-refractivity contribution in [2.24, 2.45) is 0 Å². The van der Waals surface area contributed by atoms with E-state index in [0.29, 0.717) is 12.6 Å². The molecule has 15 heavy (non-hydrogen) atoms. The Hall–Kier alpha value is -0.120. The van der Waals surface area contributed by atoms with Gasteiger partial charge < -0.3 is 15.3 Å². The lowest BCUT2D eigenvalue weighted by Gasteiger charge is -2.20. The molecular weight excluding hydrogens is 188 g/mol. The first-order chi connectivity index (χ1) is 7.18. The molecule has 0 aliphatic rings. The number of nitrogens with zero attached hydrogens (tertiary/aromatic N) is 1. The lowest BCUT2D eigenvalue weighted by Crippen LogP contribution is -2.28. The van der Waals surface area contributed by atoms with E-state index in [1.54, 1.807) is 0 Å². The Balaban J connectivity index is 3.05. The monoisotopic (exact) mass is 216 g/mol. The van der Waals surface area contributed by atoms with Crippen LogP contribution >= 0.6 is 0 Å². The lowest BCUT2D eigenvalue weighted by atomic mass is 10.2. The fraction of sp³-hybridized carbons (Fsp3) is 1.00. The largest absolute Gasteiger partial charge is 0.396 e. The zero-order chi connectivity index (χ0) is 11.5. The van der Waals surface area contributed by atoms with Crippen LogP contribution in [0, 0.1) is 0 Å². The fourth-order valence-corrected chi connectivity index (χ4v) is 1.36. The summed E-state index contributed by atoms with van der Waals surface area (Å²) in [6, 6.07) is 0.655. The van der Waals surface area contributed by atoms with E-state index in [9.17, 15) is 0 Å². The maximum atomic E-state index is 8.59. The molecule has 0 saturated carbocycles. The minimum atomic E-state index is 0.320. The van der Waals surface area contributed by atoms with E-state index < -0.39 is 0 Å². The summed E-state index contributed by atoms with van der Waals surface area (Å²) in [4.78, 5) is 2.38. The molecule has 3 heteroatoms. The van der Waals surface area contributed by atoms with Gasteiger partial charge in [0.2, 0.25) is 0 Å². The Bertz CT molecular complexity index is 129. The molecule has 0 fully saturated rings. The fourth-order valence-electron chi connectivity index (χ4n) is 1.36. The molecule has 3 nitrogen and oxygen atoms in total. The van der Waals surface area contributed by atoms with Crippen molar-refractivity contribution in [3.63, 3.8) is 0 Å². The summed E-state index contributed by atoms with van der Waals surface area (Å²) in [5.74, 6) is 0. The minimum absolute atomic E-state index is 0.320.